The molecule has 0 aliphatic carbocycles. The molecule has 2 rings (SSSR count). The minimum absolute atomic E-state index is 0.134. The van der Waals surface area contributed by atoms with E-state index in [9.17, 15) is 0 Å². The topological polar surface area (TPSA) is 12.0 Å². The zero-order chi connectivity index (χ0) is 15.4. The molecule has 0 amide bonds. The van der Waals surface area contributed by atoms with Gasteiger partial charge in [-0.15, -0.1) is 0 Å². The summed E-state index contributed by atoms with van der Waals surface area (Å²) in [5.41, 5.74) is 5.29. The van der Waals surface area contributed by atoms with Crippen LogP contribution in [0.1, 0.15) is 42.1 Å². The van der Waals surface area contributed by atoms with Crippen LogP contribution in [-0.2, 0) is 12.8 Å². The van der Waals surface area contributed by atoms with Crippen LogP contribution in [0, 0.1) is 0 Å². The number of nitrogens with one attached hydrogen (secondary N) is 1. The van der Waals surface area contributed by atoms with Gasteiger partial charge in [-0.25, -0.2) is 0 Å². The Hall–Kier alpha value is -0.830. The van der Waals surface area contributed by atoms with E-state index in [2.05, 4.69) is 53.3 Å². The van der Waals surface area contributed by atoms with Crippen LogP contribution in [0.4, 0.5) is 0 Å². The summed E-state index contributed by atoms with van der Waals surface area (Å²) in [6, 6.07) is 12.8. The van der Waals surface area contributed by atoms with Crippen molar-refractivity contribution in [3.8, 4) is 0 Å². The van der Waals surface area contributed by atoms with Crippen LogP contribution in [0.15, 0.2) is 40.9 Å². The lowest BCUT2D eigenvalue weighted by Crippen LogP contribution is -2.18. The van der Waals surface area contributed by atoms with Gasteiger partial charge < -0.3 is 5.32 Å². The molecule has 3 heteroatoms. The highest BCUT2D eigenvalue weighted by atomic mass is 79.9. The second kappa shape index (κ2) is 7.44. The summed E-state index contributed by atoms with van der Waals surface area (Å²) in [6.45, 7) is 4.42. The molecule has 2 aromatic carbocycles. The molecule has 0 aliphatic heterocycles. The fraction of sp³-hybridized carbons (Fsp3) is 0.333. The normalized spacial score (nSPS) is 12.4. The number of hydrogen-bond acceptors (Lipinski definition) is 1. The number of aryl methyl sites for hydroxylation is 2. The lowest BCUT2D eigenvalue weighted by atomic mass is 9.93. The Balaban J connectivity index is 2.48. The molecule has 0 saturated carbocycles. The van der Waals surface area contributed by atoms with Crippen molar-refractivity contribution in [3.05, 3.63) is 68.1 Å². The second-order valence-electron chi connectivity index (χ2n) is 5.12. The second-order valence-corrected chi connectivity index (χ2v) is 6.41. The van der Waals surface area contributed by atoms with E-state index in [1.807, 2.05) is 25.2 Å². The zero-order valence-electron chi connectivity index (χ0n) is 12.7. The monoisotopic (exact) mass is 365 g/mol. The third-order valence-electron chi connectivity index (χ3n) is 3.88. The van der Waals surface area contributed by atoms with Crippen LogP contribution in [0.25, 0.3) is 0 Å². The highest BCUT2D eigenvalue weighted by Gasteiger charge is 2.16. The van der Waals surface area contributed by atoms with E-state index in [0.29, 0.717) is 0 Å². The first-order chi connectivity index (χ1) is 10.1. The van der Waals surface area contributed by atoms with Crippen molar-refractivity contribution in [2.24, 2.45) is 0 Å². The summed E-state index contributed by atoms with van der Waals surface area (Å²) in [5.74, 6) is 0. The van der Waals surface area contributed by atoms with Crippen molar-refractivity contribution < 1.29 is 0 Å². The molecule has 112 valence electrons. The summed E-state index contributed by atoms with van der Waals surface area (Å²) < 4.78 is 1.07. The standard InChI is InChI=1S/C18H21BrClN/c1-4-12-6-7-14(10-13(12)5-2)18(21-3)16-11-15(20)8-9-17(16)19/h6-11,18,21H,4-5H2,1-3H3. The van der Waals surface area contributed by atoms with E-state index in [1.54, 1.807) is 0 Å². The summed E-state index contributed by atoms with van der Waals surface area (Å²) >= 11 is 9.80. The van der Waals surface area contributed by atoms with E-state index >= 15 is 0 Å². The quantitative estimate of drug-likeness (QED) is 0.733. The van der Waals surface area contributed by atoms with E-state index in [1.165, 1.54) is 16.7 Å². The van der Waals surface area contributed by atoms with Crippen molar-refractivity contribution in [1.29, 1.82) is 0 Å². The third-order valence-corrected chi connectivity index (χ3v) is 4.84. The molecule has 0 bridgehead atoms. The minimum atomic E-state index is 0.134. The molecule has 2 aromatic rings. The molecule has 1 nitrogen and oxygen atoms in total. The first-order valence-corrected chi connectivity index (χ1v) is 8.51. The Bertz CT molecular complexity index is 625. The largest absolute Gasteiger partial charge is 0.309 e. The van der Waals surface area contributed by atoms with Gasteiger partial charge in [0.05, 0.1) is 6.04 Å². The van der Waals surface area contributed by atoms with E-state index in [0.717, 1.165) is 27.9 Å². The van der Waals surface area contributed by atoms with Crippen LogP contribution in [-0.4, -0.2) is 7.05 Å². The van der Waals surface area contributed by atoms with Crippen LogP contribution in [0.2, 0.25) is 5.02 Å². The van der Waals surface area contributed by atoms with Gasteiger partial charge in [0.2, 0.25) is 0 Å². The maximum atomic E-state index is 6.16. The number of benzene rings is 2. The van der Waals surface area contributed by atoms with E-state index in [-0.39, 0.29) is 6.04 Å². The molecule has 0 saturated heterocycles. The molecule has 0 heterocycles. The first-order valence-electron chi connectivity index (χ1n) is 7.34. The Morgan fingerprint density at radius 2 is 1.76 bits per heavy atom. The average Bonchev–Trinajstić information content (AvgIpc) is 2.51. The lowest BCUT2D eigenvalue weighted by molar-refractivity contribution is 0.687. The van der Waals surface area contributed by atoms with E-state index < -0.39 is 0 Å². The molecule has 1 N–H and O–H groups in total. The Morgan fingerprint density at radius 3 is 2.38 bits per heavy atom. The Morgan fingerprint density at radius 1 is 1.05 bits per heavy atom. The van der Waals surface area contributed by atoms with Crippen molar-refractivity contribution in [1.82, 2.24) is 5.32 Å². The molecule has 21 heavy (non-hydrogen) atoms. The minimum Gasteiger partial charge on any atom is -0.309 e. The molecule has 0 spiro atoms. The zero-order valence-corrected chi connectivity index (χ0v) is 15.1. The van der Waals surface area contributed by atoms with Crippen LogP contribution >= 0.6 is 27.5 Å². The van der Waals surface area contributed by atoms with E-state index in [4.69, 9.17) is 11.6 Å². The van der Waals surface area contributed by atoms with Gasteiger partial charge in [0.15, 0.2) is 0 Å². The average molecular weight is 367 g/mol. The van der Waals surface area contributed by atoms with Gasteiger partial charge >= 0.3 is 0 Å². The molecule has 0 fully saturated rings. The van der Waals surface area contributed by atoms with Crippen LogP contribution < -0.4 is 5.32 Å². The fourth-order valence-electron chi connectivity index (χ4n) is 2.74. The lowest BCUT2D eigenvalue weighted by Gasteiger charge is -2.21. The highest BCUT2D eigenvalue weighted by molar-refractivity contribution is 9.10. The Labute approximate surface area is 140 Å². The maximum absolute atomic E-state index is 6.16. The van der Waals surface area contributed by atoms with Gasteiger partial charge in [-0.3, -0.25) is 0 Å². The molecular weight excluding hydrogens is 346 g/mol. The molecule has 1 atom stereocenters. The molecule has 0 aromatic heterocycles. The van der Waals surface area contributed by atoms with Crippen LogP contribution in [0.3, 0.4) is 0 Å². The fourth-order valence-corrected chi connectivity index (χ4v) is 3.39. The van der Waals surface area contributed by atoms with Crippen LogP contribution in [0.5, 0.6) is 0 Å². The van der Waals surface area contributed by atoms with Crippen molar-refractivity contribution in [2.45, 2.75) is 32.7 Å². The molecule has 0 radical (unpaired) electrons. The van der Waals surface area contributed by atoms with Crippen molar-refractivity contribution in [2.75, 3.05) is 7.05 Å². The highest BCUT2D eigenvalue weighted by Crippen LogP contribution is 2.31. The number of halogens is 2. The SMILES string of the molecule is CCc1ccc(C(NC)c2cc(Cl)ccc2Br)cc1CC. The predicted octanol–water partition coefficient (Wildman–Crippen LogP) is 5.54. The van der Waals surface area contributed by atoms with Gasteiger partial charge in [0, 0.05) is 9.50 Å². The number of rotatable bonds is 5. The summed E-state index contributed by atoms with van der Waals surface area (Å²) in [6.07, 6.45) is 2.14. The van der Waals surface area contributed by atoms with Gasteiger partial charge in [-0.1, -0.05) is 59.6 Å². The molecule has 0 aliphatic rings. The number of hydrogen-bond donors (Lipinski definition) is 1. The molecular formula is C18H21BrClN. The van der Waals surface area contributed by atoms with Gasteiger partial charge in [0.25, 0.3) is 0 Å². The predicted molar refractivity (Wildman–Crippen MR) is 95.3 cm³/mol. The van der Waals surface area contributed by atoms with Crippen molar-refractivity contribution >= 4 is 27.5 Å². The summed E-state index contributed by atoms with van der Waals surface area (Å²) in [4.78, 5) is 0. The maximum Gasteiger partial charge on any atom is 0.0586 e. The van der Waals surface area contributed by atoms with Gasteiger partial charge in [0.1, 0.15) is 0 Å². The molecule has 1 unspecified atom stereocenters. The summed E-state index contributed by atoms with van der Waals surface area (Å²) in [7, 11) is 1.98. The Kier molecular flexibility index (Phi) is 5.86. The first kappa shape index (κ1) is 16.5. The smallest absolute Gasteiger partial charge is 0.0586 e. The van der Waals surface area contributed by atoms with Gasteiger partial charge in [-0.05, 0) is 60.3 Å². The van der Waals surface area contributed by atoms with Crippen molar-refractivity contribution in [3.63, 3.8) is 0 Å². The third kappa shape index (κ3) is 3.68. The summed E-state index contributed by atoms with van der Waals surface area (Å²) in [5, 5.41) is 4.16. The van der Waals surface area contributed by atoms with Gasteiger partial charge in [-0.2, -0.15) is 0 Å².